The maximum absolute atomic E-state index is 11.7. The van der Waals surface area contributed by atoms with Crippen LogP contribution in [-0.2, 0) is 17.9 Å². The van der Waals surface area contributed by atoms with Gasteiger partial charge in [-0.2, -0.15) is 0 Å². The molecule has 3 aliphatic heterocycles. The third-order valence-electron chi connectivity index (χ3n) is 5.79. The van der Waals surface area contributed by atoms with Crippen molar-refractivity contribution in [2.75, 3.05) is 33.2 Å². The van der Waals surface area contributed by atoms with Crippen molar-refractivity contribution in [3.63, 3.8) is 0 Å². The van der Waals surface area contributed by atoms with Gasteiger partial charge in [-0.25, -0.2) is 0 Å². The van der Waals surface area contributed by atoms with Gasteiger partial charge in [0, 0.05) is 45.2 Å². The molecule has 1 atom stereocenters. The molecule has 8 nitrogen and oxygen atoms in total. The summed E-state index contributed by atoms with van der Waals surface area (Å²) >= 11 is 0. The number of ether oxygens (including phenoxy) is 4. The highest BCUT2D eigenvalue weighted by Crippen LogP contribution is 2.34. The number of nitrogens with zero attached hydrogens (tertiary/aromatic N) is 2. The van der Waals surface area contributed by atoms with E-state index in [1.807, 2.05) is 30.3 Å². The Bertz CT molecular complexity index is 950. The van der Waals surface area contributed by atoms with Gasteiger partial charge in [0.05, 0.1) is 0 Å². The van der Waals surface area contributed by atoms with Crippen molar-refractivity contribution in [1.82, 2.24) is 9.80 Å². The molecule has 0 aromatic heterocycles. The number of hydrogen-bond donors (Lipinski definition) is 1. The summed E-state index contributed by atoms with van der Waals surface area (Å²) < 4.78 is 21.8. The predicted molar refractivity (Wildman–Crippen MR) is 108 cm³/mol. The second kappa shape index (κ2) is 8.04. The van der Waals surface area contributed by atoms with Crippen LogP contribution >= 0.6 is 0 Å². The predicted octanol–water partition coefficient (Wildman–Crippen LogP) is 1.71. The molecule has 1 unspecified atom stereocenters. The van der Waals surface area contributed by atoms with Crippen LogP contribution < -0.4 is 24.7 Å². The highest BCUT2D eigenvalue weighted by atomic mass is 16.7. The van der Waals surface area contributed by atoms with E-state index in [9.17, 15) is 4.79 Å². The second-order valence-electron chi connectivity index (χ2n) is 7.91. The van der Waals surface area contributed by atoms with Gasteiger partial charge in [0.2, 0.25) is 19.5 Å². The zero-order valence-corrected chi connectivity index (χ0v) is 16.7. The molecule has 1 fully saturated rings. The average molecular weight is 411 g/mol. The Morgan fingerprint density at radius 1 is 0.867 bits per heavy atom. The molecule has 8 heteroatoms. The molecule has 30 heavy (non-hydrogen) atoms. The Morgan fingerprint density at radius 2 is 1.47 bits per heavy atom. The van der Waals surface area contributed by atoms with E-state index in [4.69, 9.17) is 24.7 Å². The molecular formula is C22H25N3O5. The molecule has 0 saturated carbocycles. The van der Waals surface area contributed by atoms with Gasteiger partial charge in [0.25, 0.3) is 0 Å². The van der Waals surface area contributed by atoms with Gasteiger partial charge >= 0.3 is 0 Å². The monoisotopic (exact) mass is 411 g/mol. The number of nitrogens with two attached hydrogens (primary N) is 1. The van der Waals surface area contributed by atoms with E-state index in [1.165, 1.54) is 5.56 Å². The summed E-state index contributed by atoms with van der Waals surface area (Å²) in [4.78, 5) is 16.4. The molecule has 3 heterocycles. The maximum atomic E-state index is 11.7. The van der Waals surface area contributed by atoms with Gasteiger partial charge in [-0.3, -0.25) is 14.6 Å². The molecule has 1 saturated heterocycles. The molecular weight excluding hydrogens is 386 g/mol. The lowest BCUT2D eigenvalue weighted by Gasteiger charge is -2.41. The lowest BCUT2D eigenvalue weighted by Crippen LogP contribution is -2.53. The van der Waals surface area contributed by atoms with Crippen LogP contribution in [0.4, 0.5) is 0 Å². The minimum Gasteiger partial charge on any atom is -0.454 e. The van der Waals surface area contributed by atoms with E-state index < -0.39 is 0 Å². The van der Waals surface area contributed by atoms with E-state index in [1.54, 1.807) is 0 Å². The Hall–Kier alpha value is -2.97. The molecule has 0 bridgehead atoms. The number of primary amides is 1. The summed E-state index contributed by atoms with van der Waals surface area (Å²) in [7, 11) is 0. The number of carbonyl (C=O) groups is 1. The fraction of sp³-hybridized carbons (Fsp3) is 0.409. The van der Waals surface area contributed by atoms with E-state index in [-0.39, 0.29) is 25.5 Å². The Kier molecular flexibility index (Phi) is 5.10. The Morgan fingerprint density at radius 3 is 2.10 bits per heavy atom. The van der Waals surface area contributed by atoms with Crippen molar-refractivity contribution in [2.24, 2.45) is 5.73 Å². The van der Waals surface area contributed by atoms with Gasteiger partial charge < -0.3 is 24.7 Å². The summed E-state index contributed by atoms with van der Waals surface area (Å²) in [5.74, 6) is 2.86. The zero-order valence-electron chi connectivity index (χ0n) is 16.7. The van der Waals surface area contributed by atoms with E-state index >= 15 is 0 Å². The first-order valence-corrected chi connectivity index (χ1v) is 10.2. The van der Waals surface area contributed by atoms with Crippen molar-refractivity contribution in [2.45, 2.75) is 25.6 Å². The van der Waals surface area contributed by atoms with E-state index in [2.05, 4.69) is 15.9 Å². The molecule has 3 aliphatic rings. The van der Waals surface area contributed by atoms with Crippen LogP contribution in [-0.4, -0.2) is 55.0 Å². The van der Waals surface area contributed by atoms with Crippen LogP contribution in [0.25, 0.3) is 0 Å². The number of piperazine rings is 1. The topological polar surface area (TPSA) is 86.5 Å². The van der Waals surface area contributed by atoms with Gasteiger partial charge in [0.15, 0.2) is 23.0 Å². The molecule has 2 aromatic rings. The molecule has 2 aromatic carbocycles. The molecule has 0 radical (unpaired) electrons. The molecule has 158 valence electrons. The number of fused-ring (bicyclic) bond motifs is 2. The maximum Gasteiger partial charge on any atom is 0.231 e. The van der Waals surface area contributed by atoms with Gasteiger partial charge in [-0.05, 0) is 35.4 Å². The molecule has 0 aliphatic carbocycles. The summed E-state index contributed by atoms with van der Waals surface area (Å²) in [6.45, 7) is 4.63. The SMILES string of the molecule is NC(=O)CC1CN(Cc2ccc3c(c2)OCO3)CCN1Cc1ccc2c(c1)OCO2. The van der Waals surface area contributed by atoms with Crippen LogP contribution in [0.1, 0.15) is 17.5 Å². The second-order valence-corrected chi connectivity index (χ2v) is 7.91. The van der Waals surface area contributed by atoms with Crippen LogP contribution in [0.15, 0.2) is 36.4 Å². The van der Waals surface area contributed by atoms with Crippen molar-refractivity contribution >= 4 is 5.91 Å². The minimum absolute atomic E-state index is 0.0654. The molecule has 5 rings (SSSR count). The number of carbonyl (C=O) groups excluding carboxylic acids is 1. The third-order valence-corrected chi connectivity index (χ3v) is 5.79. The minimum atomic E-state index is -0.277. The molecule has 0 spiro atoms. The van der Waals surface area contributed by atoms with Crippen LogP contribution in [0.3, 0.4) is 0 Å². The fourth-order valence-corrected chi connectivity index (χ4v) is 4.31. The number of rotatable bonds is 6. The van der Waals surface area contributed by atoms with E-state index in [0.29, 0.717) is 6.42 Å². The Balaban J connectivity index is 1.26. The Labute approximate surface area is 175 Å². The van der Waals surface area contributed by atoms with Crippen LogP contribution in [0, 0.1) is 0 Å². The summed E-state index contributed by atoms with van der Waals surface area (Å²) in [6, 6.07) is 12.1. The number of benzene rings is 2. The van der Waals surface area contributed by atoms with Crippen molar-refractivity contribution in [1.29, 1.82) is 0 Å². The smallest absolute Gasteiger partial charge is 0.231 e. The number of amides is 1. The fourth-order valence-electron chi connectivity index (χ4n) is 4.31. The van der Waals surface area contributed by atoms with Crippen molar-refractivity contribution < 1.29 is 23.7 Å². The summed E-state index contributed by atoms with van der Waals surface area (Å²) in [5, 5.41) is 0. The first-order valence-electron chi connectivity index (χ1n) is 10.2. The first-order chi connectivity index (χ1) is 14.6. The summed E-state index contributed by atoms with van der Waals surface area (Å²) in [5.41, 5.74) is 7.87. The average Bonchev–Trinajstić information content (AvgIpc) is 3.38. The number of hydrogen-bond acceptors (Lipinski definition) is 7. The largest absolute Gasteiger partial charge is 0.454 e. The molecule has 1 amide bonds. The first kappa shape index (κ1) is 19.0. The van der Waals surface area contributed by atoms with Crippen LogP contribution in [0.2, 0.25) is 0 Å². The standard InChI is InChI=1S/C22H25N3O5/c23-22(26)9-17-12-24(10-15-1-3-18-20(7-15)29-13-27-18)5-6-25(17)11-16-2-4-19-21(8-16)30-14-28-19/h1-4,7-8,17H,5-6,9-14H2,(H2,23,26). The van der Waals surface area contributed by atoms with E-state index in [0.717, 1.165) is 61.3 Å². The van der Waals surface area contributed by atoms with Gasteiger partial charge in [0.1, 0.15) is 0 Å². The highest BCUT2D eigenvalue weighted by Gasteiger charge is 2.29. The highest BCUT2D eigenvalue weighted by molar-refractivity contribution is 5.74. The normalized spacial score (nSPS) is 20.5. The van der Waals surface area contributed by atoms with Gasteiger partial charge in [-0.1, -0.05) is 12.1 Å². The third kappa shape index (κ3) is 4.01. The lowest BCUT2D eigenvalue weighted by atomic mass is 10.0. The molecule has 2 N–H and O–H groups in total. The van der Waals surface area contributed by atoms with Gasteiger partial charge in [-0.15, -0.1) is 0 Å². The van der Waals surface area contributed by atoms with Crippen molar-refractivity contribution in [3.05, 3.63) is 47.5 Å². The quantitative estimate of drug-likeness (QED) is 0.774. The summed E-state index contributed by atoms with van der Waals surface area (Å²) in [6.07, 6.45) is 0.336. The van der Waals surface area contributed by atoms with Crippen LogP contribution in [0.5, 0.6) is 23.0 Å². The lowest BCUT2D eigenvalue weighted by molar-refractivity contribution is -0.120. The van der Waals surface area contributed by atoms with Crippen molar-refractivity contribution in [3.8, 4) is 23.0 Å². The zero-order chi connectivity index (χ0) is 20.5.